The highest BCUT2D eigenvalue weighted by Gasteiger charge is 2.18. The molecule has 3 aromatic rings. The van der Waals surface area contributed by atoms with E-state index in [0.29, 0.717) is 16.8 Å². The maximum Gasteiger partial charge on any atom is 0.252 e. The topological polar surface area (TPSA) is 75.3 Å². The lowest BCUT2D eigenvalue weighted by Crippen LogP contribution is -2.29. The van der Waals surface area contributed by atoms with Crippen molar-refractivity contribution in [2.45, 2.75) is 13.0 Å². The minimum atomic E-state index is -3.37. The van der Waals surface area contributed by atoms with Crippen molar-refractivity contribution < 1.29 is 13.2 Å². The summed E-state index contributed by atoms with van der Waals surface area (Å²) in [5.41, 5.74) is 3.56. The fourth-order valence-electron chi connectivity index (χ4n) is 2.98. The predicted octanol–water partition coefficient (Wildman–Crippen LogP) is 3.89. The van der Waals surface area contributed by atoms with Crippen LogP contribution in [-0.4, -0.2) is 20.6 Å². The van der Waals surface area contributed by atoms with Crippen molar-refractivity contribution in [3.8, 4) is 0 Å². The highest BCUT2D eigenvalue weighted by atomic mass is 32.2. The Bertz CT molecular complexity index is 1030. The quantitative estimate of drug-likeness (QED) is 0.666. The molecule has 0 radical (unpaired) electrons. The van der Waals surface area contributed by atoms with E-state index in [2.05, 4.69) is 10.0 Å². The maximum absolute atomic E-state index is 12.9. The van der Waals surface area contributed by atoms with Gasteiger partial charge in [-0.15, -0.1) is 0 Å². The molecule has 0 spiro atoms. The summed E-state index contributed by atoms with van der Waals surface area (Å²) in [5, 5.41) is 3.08. The van der Waals surface area contributed by atoms with E-state index in [1.807, 2.05) is 60.7 Å². The number of amides is 1. The van der Waals surface area contributed by atoms with Gasteiger partial charge in [0.25, 0.3) is 5.91 Å². The Labute approximate surface area is 165 Å². The Morgan fingerprint density at radius 2 is 1.39 bits per heavy atom. The molecule has 0 aliphatic rings. The van der Waals surface area contributed by atoms with E-state index in [9.17, 15) is 13.2 Å². The molecule has 0 aliphatic heterocycles. The summed E-state index contributed by atoms with van der Waals surface area (Å²) in [7, 11) is -3.37. The Hall–Kier alpha value is -3.12. The molecular formula is C22H22N2O3S. The van der Waals surface area contributed by atoms with Crippen LogP contribution < -0.4 is 10.0 Å². The van der Waals surface area contributed by atoms with Gasteiger partial charge in [-0.2, -0.15) is 0 Å². The standard InChI is InChI=1S/C22H22N2O3S/c1-16-15-19(13-14-20(16)24-28(2,26)27)22(25)23-21(17-9-5-3-6-10-17)18-11-7-4-8-12-18/h3-15,21,24H,1-2H3,(H,23,25). The molecule has 0 aromatic heterocycles. The molecule has 28 heavy (non-hydrogen) atoms. The van der Waals surface area contributed by atoms with E-state index in [-0.39, 0.29) is 11.9 Å². The second-order valence-electron chi connectivity index (χ2n) is 6.63. The van der Waals surface area contributed by atoms with Gasteiger partial charge in [-0.3, -0.25) is 9.52 Å². The van der Waals surface area contributed by atoms with Gasteiger partial charge < -0.3 is 5.32 Å². The number of rotatable bonds is 6. The number of nitrogens with one attached hydrogen (secondary N) is 2. The summed E-state index contributed by atoms with van der Waals surface area (Å²) in [6.45, 7) is 1.76. The Morgan fingerprint density at radius 3 is 1.86 bits per heavy atom. The maximum atomic E-state index is 12.9. The number of carbonyl (C=O) groups is 1. The van der Waals surface area contributed by atoms with Gasteiger partial charge in [-0.25, -0.2) is 8.42 Å². The van der Waals surface area contributed by atoms with Crippen LogP contribution in [0.25, 0.3) is 0 Å². The summed E-state index contributed by atoms with van der Waals surface area (Å²) < 4.78 is 25.3. The van der Waals surface area contributed by atoms with Crippen LogP contribution in [0.1, 0.15) is 33.1 Å². The molecule has 0 bridgehead atoms. The van der Waals surface area contributed by atoms with Crippen molar-refractivity contribution in [2.75, 3.05) is 11.0 Å². The van der Waals surface area contributed by atoms with Crippen molar-refractivity contribution in [1.29, 1.82) is 0 Å². The summed E-state index contributed by atoms with van der Waals surface area (Å²) in [5.74, 6) is -0.230. The lowest BCUT2D eigenvalue weighted by molar-refractivity contribution is 0.0943. The molecule has 0 saturated heterocycles. The van der Waals surface area contributed by atoms with Gasteiger partial charge in [0.1, 0.15) is 0 Å². The van der Waals surface area contributed by atoms with Crippen LogP contribution in [0, 0.1) is 6.92 Å². The monoisotopic (exact) mass is 394 g/mol. The van der Waals surface area contributed by atoms with Gasteiger partial charge in [0.2, 0.25) is 10.0 Å². The van der Waals surface area contributed by atoms with E-state index in [0.717, 1.165) is 17.4 Å². The fraction of sp³-hybridized carbons (Fsp3) is 0.136. The van der Waals surface area contributed by atoms with Crippen LogP contribution in [0.5, 0.6) is 0 Å². The smallest absolute Gasteiger partial charge is 0.252 e. The Morgan fingerprint density at radius 1 is 0.857 bits per heavy atom. The largest absolute Gasteiger partial charge is 0.341 e. The zero-order valence-corrected chi connectivity index (χ0v) is 16.5. The summed E-state index contributed by atoms with van der Waals surface area (Å²) in [6, 6.07) is 24.1. The van der Waals surface area contributed by atoms with Gasteiger partial charge in [-0.05, 0) is 41.8 Å². The molecule has 5 nitrogen and oxygen atoms in total. The van der Waals surface area contributed by atoms with E-state index < -0.39 is 10.0 Å². The van der Waals surface area contributed by atoms with Crippen molar-refractivity contribution in [3.05, 3.63) is 101 Å². The normalized spacial score (nSPS) is 11.2. The molecule has 3 aromatic carbocycles. The first kappa shape index (κ1) is 19.6. The summed E-state index contributed by atoms with van der Waals surface area (Å²) in [4.78, 5) is 12.9. The van der Waals surface area contributed by atoms with Crippen LogP contribution >= 0.6 is 0 Å². The molecule has 2 N–H and O–H groups in total. The SMILES string of the molecule is Cc1cc(C(=O)NC(c2ccccc2)c2ccccc2)ccc1NS(C)(=O)=O. The van der Waals surface area contributed by atoms with Crippen LogP contribution in [0.3, 0.4) is 0 Å². The van der Waals surface area contributed by atoms with Crippen molar-refractivity contribution in [3.63, 3.8) is 0 Å². The first-order valence-corrected chi connectivity index (χ1v) is 10.7. The average molecular weight is 394 g/mol. The minimum Gasteiger partial charge on any atom is -0.341 e. The number of aryl methyl sites for hydroxylation is 1. The van der Waals surface area contributed by atoms with Crippen LogP contribution in [0.15, 0.2) is 78.9 Å². The number of anilines is 1. The molecule has 6 heteroatoms. The number of sulfonamides is 1. The highest BCUT2D eigenvalue weighted by molar-refractivity contribution is 7.92. The van der Waals surface area contributed by atoms with Crippen LogP contribution in [0.2, 0.25) is 0 Å². The Kier molecular flexibility index (Phi) is 5.80. The summed E-state index contributed by atoms with van der Waals surface area (Å²) >= 11 is 0. The van der Waals surface area contributed by atoms with Crippen molar-refractivity contribution >= 4 is 21.6 Å². The predicted molar refractivity (Wildman–Crippen MR) is 112 cm³/mol. The van der Waals surface area contributed by atoms with E-state index in [1.54, 1.807) is 25.1 Å². The van der Waals surface area contributed by atoms with Crippen LogP contribution in [-0.2, 0) is 10.0 Å². The second-order valence-corrected chi connectivity index (χ2v) is 8.38. The summed E-state index contributed by atoms with van der Waals surface area (Å²) in [6.07, 6.45) is 1.09. The first-order valence-electron chi connectivity index (χ1n) is 8.83. The highest BCUT2D eigenvalue weighted by Crippen LogP contribution is 2.23. The molecule has 0 saturated carbocycles. The molecular weight excluding hydrogens is 372 g/mol. The van der Waals surface area contributed by atoms with Crippen molar-refractivity contribution in [2.24, 2.45) is 0 Å². The third-order valence-corrected chi connectivity index (χ3v) is 4.92. The minimum absolute atomic E-state index is 0.230. The lowest BCUT2D eigenvalue weighted by atomic mass is 9.98. The molecule has 1 amide bonds. The van der Waals surface area contributed by atoms with Crippen molar-refractivity contribution in [1.82, 2.24) is 5.32 Å². The van der Waals surface area contributed by atoms with E-state index in [1.165, 1.54) is 0 Å². The molecule has 144 valence electrons. The van der Waals surface area contributed by atoms with Gasteiger partial charge in [-0.1, -0.05) is 60.7 Å². The van der Waals surface area contributed by atoms with Gasteiger partial charge in [0, 0.05) is 5.56 Å². The lowest BCUT2D eigenvalue weighted by Gasteiger charge is -2.20. The van der Waals surface area contributed by atoms with Crippen LogP contribution in [0.4, 0.5) is 5.69 Å². The average Bonchev–Trinajstić information content (AvgIpc) is 2.68. The molecule has 3 rings (SSSR count). The number of carbonyl (C=O) groups excluding carboxylic acids is 1. The molecule has 0 aliphatic carbocycles. The van der Waals surface area contributed by atoms with Gasteiger partial charge >= 0.3 is 0 Å². The molecule has 0 atom stereocenters. The zero-order chi connectivity index (χ0) is 20.1. The third-order valence-electron chi connectivity index (χ3n) is 4.33. The molecule has 0 heterocycles. The fourth-order valence-corrected chi connectivity index (χ4v) is 3.61. The first-order chi connectivity index (χ1) is 13.3. The number of hydrogen-bond acceptors (Lipinski definition) is 3. The zero-order valence-electron chi connectivity index (χ0n) is 15.7. The molecule has 0 fully saturated rings. The Balaban J connectivity index is 1.87. The van der Waals surface area contributed by atoms with Gasteiger partial charge in [0.05, 0.1) is 18.0 Å². The van der Waals surface area contributed by atoms with E-state index >= 15 is 0 Å². The number of benzene rings is 3. The second kappa shape index (κ2) is 8.27. The van der Waals surface area contributed by atoms with Gasteiger partial charge in [0.15, 0.2) is 0 Å². The third kappa shape index (κ3) is 4.98. The van der Waals surface area contributed by atoms with E-state index in [4.69, 9.17) is 0 Å². The number of hydrogen-bond donors (Lipinski definition) is 2. The molecule has 0 unspecified atom stereocenters.